The highest BCUT2D eigenvalue weighted by Crippen LogP contribution is 2.17. The second-order valence-electron chi connectivity index (χ2n) is 6.66. The van der Waals surface area contributed by atoms with E-state index in [1.54, 1.807) is 4.68 Å². The monoisotopic (exact) mass is 414 g/mol. The molecule has 0 saturated heterocycles. The smallest absolute Gasteiger partial charge is 0.211 e. The van der Waals surface area contributed by atoms with Crippen LogP contribution in [0.2, 0.25) is 0 Å². The third-order valence-corrected chi connectivity index (χ3v) is 5.13. The zero-order valence-corrected chi connectivity index (χ0v) is 17.5. The molecule has 150 valence electrons. The van der Waals surface area contributed by atoms with Crippen LogP contribution in [-0.2, 0) is 13.0 Å². The number of hydrogen-bond acceptors (Lipinski definition) is 5. The number of thioether (sulfide) groups is 1. The van der Waals surface area contributed by atoms with Crippen LogP contribution in [0.4, 0.5) is 0 Å². The molecule has 0 atom stereocenters. The summed E-state index contributed by atoms with van der Waals surface area (Å²) in [5.74, 6) is 1.64. The Hall–Kier alpha value is -3.38. The lowest BCUT2D eigenvalue weighted by atomic mass is 10.1. The molecule has 30 heavy (non-hydrogen) atoms. The van der Waals surface area contributed by atoms with Crippen LogP contribution in [0, 0.1) is 0 Å². The van der Waals surface area contributed by atoms with E-state index in [2.05, 4.69) is 39.6 Å². The van der Waals surface area contributed by atoms with Gasteiger partial charge in [0.1, 0.15) is 12.4 Å². The molecule has 1 aromatic heterocycles. The molecule has 0 fully saturated rings. The average Bonchev–Trinajstić information content (AvgIpc) is 3.19. The fourth-order valence-corrected chi connectivity index (χ4v) is 3.39. The molecule has 0 aliphatic carbocycles. The number of benzene rings is 3. The molecule has 5 nitrogen and oxygen atoms in total. The predicted octanol–water partition coefficient (Wildman–Crippen LogP) is 5.05. The first kappa shape index (κ1) is 19.9. The maximum Gasteiger partial charge on any atom is 0.211 e. The van der Waals surface area contributed by atoms with E-state index >= 15 is 0 Å². The van der Waals surface area contributed by atoms with Crippen LogP contribution >= 0.6 is 11.8 Å². The van der Waals surface area contributed by atoms with Crippen molar-refractivity contribution in [2.24, 2.45) is 5.10 Å². The van der Waals surface area contributed by atoms with E-state index < -0.39 is 0 Å². The van der Waals surface area contributed by atoms with Crippen molar-refractivity contribution in [3.05, 3.63) is 107 Å². The highest BCUT2D eigenvalue weighted by molar-refractivity contribution is 7.98. The molecule has 1 heterocycles. The van der Waals surface area contributed by atoms with Crippen molar-refractivity contribution in [2.75, 3.05) is 6.26 Å². The van der Waals surface area contributed by atoms with Crippen LogP contribution in [0.5, 0.6) is 5.75 Å². The molecule has 0 N–H and O–H groups in total. The Morgan fingerprint density at radius 2 is 1.53 bits per heavy atom. The second-order valence-corrected chi connectivity index (χ2v) is 7.44. The van der Waals surface area contributed by atoms with E-state index in [4.69, 9.17) is 4.74 Å². The van der Waals surface area contributed by atoms with Gasteiger partial charge in [-0.2, -0.15) is 9.78 Å². The number of aromatic nitrogens is 3. The van der Waals surface area contributed by atoms with E-state index in [0.29, 0.717) is 13.0 Å². The van der Waals surface area contributed by atoms with Gasteiger partial charge in [-0.3, -0.25) is 0 Å². The Bertz CT molecular complexity index is 1090. The van der Waals surface area contributed by atoms with Crippen molar-refractivity contribution in [3.63, 3.8) is 0 Å². The van der Waals surface area contributed by atoms with Gasteiger partial charge in [-0.1, -0.05) is 72.4 Å². The molecule has 0 radical (unpaired) electrons. The summed E-state index contributed by atoms with van der Waals surface area (Å²) in [5, 5.41) is 14.0. The first-order valence-corrected chi connectivity index (χ1v) is 10.9. The van der Waals surface area contributed by atoms with Crippen molar-refractivity contribution >= 4 is 18.0 Å². The zero-order valence-electron chi connectivity index (χ0n) is 16.7. The van der Waals surface area contributed by atoms with Gasteiger partial charge in [0.15, 0.2) is 5.82 Å². The lowest BCUT2D eigenvalue weighted by Crippen LogP contribution is -2.01. The Morgan fingerprint density at radius 1 is 0.867 bits per heavy atom. The topological polar surface area (TPSA) is 52.3 Å². The SMILES string of the molecule is CSc1nnc(Cc2ccccc2)n1/N=C\c1ccc(OCc2ccccc2)cc1. The third kappa shape index (κ3) is 5.15. The van der Waals surface area contributed by atoms with Crippen LogP contribution in [-0.4, -0.2) is 27.3 Å². The zero-order chi connectivity index (χ0) is 20.6. The van der Waals surface area contributed by atoms with Gasteiger partial charge >= 0.3 is 0 Å². The summed E-state index contributed by atoms with van der Waals surface area (Å²) in [7, 11) is 0. The maximum atomic E-state index is 5.85. The molecule has 6 heteroatoms. The van der Waals surface area contributed by atoms with Crippen LogP contribution in [0.3, 0.4) is 0 Å². The van der Waals surface area contributed by atoms with Crippen molar-refractivity contribution in [1.82, 2.24) is 14.9 Å². The number of nitrogens with zero attached hydrogens (tertiary/aromatic N) is 4. The van der Waals surface area contributed by atoms with Gasteiger partial charge in [-0.15, -0.1) is 10.2 Å². The Kier molecular flexibility index (Phi) is 6.57. The molecule has 0 spiro atoms. The molecular formula is C24H22N4OS. The molecule has 0 amide bonds. The average molecular weight is 415 g/mol. The predicted molar refractivity (Wildman–Crippen MR) is 121 cm³/mol. The van der Waals surface area contributed by atoms with Crippen molar-refractivity contribution in [1.29, 1.82) is 0 Å². The van der Waals surface area contributed by atoms with Crippen LogP contribution in [0.1, 0.15) is 22.5 Å². The summed E-state index contributed by atoms with van der Waals surface area (Å²) >= 11 is 1.52. The van der Waals surface area contributed by atoms with Crippen molar-refractivity contribution in [2.45, 2.75) is 18.2 Å². The second kappa shape index (κ2) is 9.89. The minimum Gasteiger partial charge on any atom is -0.489 e. The summed E-state index contributed by atoms with van der Waals surface area (Å²) in [5.41, 5.74) is 3.30. The fourth-order valence-electron chi connectivity index (χ4n) is 2.94. The molecule has 4 rings (SSSR count). The maximum absolute atomic E-state index is 5.85. The normalized spacial score (nSPS) is 11.1. The standard InChI is InChI=1S/C24H22N4OS/c1-30-24-27-26-23(16-19-8-4-2-5-9-19)28(24)25-17-20-12-14-22(15-13-20)29-18-21-10-6-3-7-11-21/h2-15,17H,16,18H2,1H3/b25-17-. The molecule has 0 saturated carbocycles. The molecule has 3 aromatic carbocycles. The Balaban J connectivity index is 1.45. The molecule has 0 aliphatic heterocycles. The lowest BCUT2D eigenvalue weighted by Gasteiger charge is -2.06. The Morgan fingerprint density at radius 3 is 2.20 bits per heavy atom. The first-order chi connectivity index (χ1) is 14.8. The quantitative estimate of drug-likeness (QED) is 0.299. The van der Waals surface area contributed by atoms with Gasteiger partial charge in [-0.05, 0) is 47.2 Å². The van der Waals surface area contributed by atoms with Gasteiger partial charge in [0.25, 0.3) is 0 Å². The third-order valence-electron chi connectivity index (χ3n) is 4.51. The van der Waals surface area contributed by atoms with Gasteiger partial charge in [0.05, 0.1) is 6.21 Å². The van der Waals surface area contributed by atoms with Gasteiger partial charge in [-0.25, -0.2) is 0 Å². The molecule has 0 unspecified atom stereocenters. The number of ether oxygens (including phenoxy) is 1. The number of hydrogen-bond donors (Lipinski definition) is 0. The van der Waals surface area contributed by atoms with Gasteiger partial charge < -0.3 is 4.74 Å². The Labute approximate surface area is 180 Å². The fraction of sp³-hybridized carbons (Fsp3) is 0.125. The number of rotatable bonds is 8. The van der Waals surface area contributed by atoms with Gasteiger partial charge in [0, 0.05) is 6.42 Å². The summed E-state index contributed by atoms with van der Waals surface area (Å²) in [6, 6.07) is 28.2. The molecular weight excluding hydrogens is 392 g/mol. The molecule has 0 bridgehead atoms. The van der Waals surface area contributed by atoms with E-state index in [0.717, 1.165) is 27.9 Å². The summed E-state index contributed by atoms with van der Waals surface area (Å²) in [6.45, 7) is 0.551. The highest BCUT2D eigenvalue weighted by Gasteiger charge is 2.11. The molecule has 0 aliphatic rings. The summed E-state index contributed by atoms with van der Waals surface area (Å²) in [6.07, 6.45) is 4.47. The van der Waals surface area contributed by atoms with Crippen LogP contribution in [0.25, 0.3) is 0 Å². The molecule has 4 aromatic rings. The van der Waals surface area contributed by atoms with E-state index in [9.17, 15) is 0 Å². The van der Waals surface area contributed by atoms with Crippen LogP contribution in [0.15, 0.2) is 95.2 Å². The minimum atomic E-state index is 0.551. The largest absolute Gasteiger partial charge is 0.489 e. The minimum absolute atomic E-state index is 0.551. The van der Waals surface area contributed by atoms with Crippen LogP contribution < -0.4 is 4.74 Å². The lowest BCUT2D eigenvalue weighted by molar-refractivity contribution is 0.306. The summed E-state index contributed by atoms with van der Waals surface area (Å²) < 4.78 is 7.65. The first-order valence-electron chi connectivity index (χ1n) is 9.65. The van der Waals surface area contributed by atoms with E-state index in [1.807, 2.05) is 73.1 Å². The van der Waals surface area contributed by atoms with E-state index in [1.165, 1.54) is 17.3 Å². The highest BCUT2D eigenvalue weighted by atomic mass is 32.2. The van der Waals surface area contributed by atoms with Crippen molar-refractivity contribution < 1.29 is 4.74 Å². The van der Waals surface area contributed by atoms with Gasteiger partial charge in [0.2, 0.25) is 5.16 Å². The van der Waals surface area contributed by atoms with E-state index in [-0.39, 0.29) is 0 Å². The van der Waals surface area contributed by atoms with Crippen molar-refractivity contribution in [3.8, 4) is 5.75 Å². The summed E-state index contributed by atoms with van der Waals surface area (Å²) in [4.78, 5) is 0.